The Balaban J connectivity index is 2.35. The Bertz CT molecular complexity index is 579. The second-order valence-electron chi connectivity index (χ2n) is 4.25. The molecule has 0 spiro atoms. The highest BCUT2D eigenvalue weighted by atomic mass is 16.5. The highest BCUT2D eigenvalue weighted by Crippen LogP contribution is 2.23. The van der Waals surface area contributed by atoms with Crippen LogP contribution in [0.25, 0.3) is 11.3 Å². The Hall–Kier alpha value is -2.43. The third kappa shape index (κ3) is 3.07. The number of hydrogen-bond donors (Lipinski definition) is 1. The van der Waals surface area contributed by atoms with Crippen molar-refractivity contribution in [1.29, 1.82) is 0 Å². The SMILES string of the molecule is CC(C)Oc1ccc(-c2nccnc2C(=O)O)cc1. The van der Waals surface area contributed by atoms with Crippen LogP contribution in [0.5, 0.6) is 5.75 Å². The molecule has 0 aliphatic carbocycles. The Morgan fingerprint density at radius 2 is 1.79 bits per heavy atom. The molecule has 19 heavy (non-hydrogen) atoms. The van der Waals surface area contributed by atoms with E-state index in [1.807, 2.05) is 13.8 Å². The summed E-state index contributed by atoms with van der Waals surface area (Å²) < 4.78 is 5.53. The second kappa shape index (κ2) is 5.48. The molecular weight excluding hydrogens is 244 g/mol. The Morgan fingerprint density at radius 3 is 2.37 bits per heavy atom. The lowest BCUT2D eigenvalue weighted by atomic mass is 10.1. The number of aromatic carboxylic acids is 1. The van der Waals surface area contributed by atoms with Crippen molar-refractivity contribution in [2.45, 2.75) is 20.0 Å². The third-order valence-electron chi connectivity index (χ3n) is 2.40. The van der Waals surface area contributed by atoms with Gasteiger partial charge >= 0.3 is 5.97 Å². The number of hydrogen-bond acceptors (Lipinski definition) is 4. The lowest BCUT2D eigenvalue weighted by Crippen LogP contribution is -2.06. The molecule has 0 aliphatic heterocycles. The molecule has 2 rings (SSSR count). The molecule has 2 aromatic rings. The third-order valence-corrected chi connectivity index (χ3v) is 2.40. The molecule has 98 valence electrons. The lowest BCUT2D eigenvalue weighted by molar-refractivity contribution is 0.0691. The van der Waals surface area contributed by atoms with E-state index >= 15 is 0 Å². The van der Waals surface area contributed by atoms with Crippen molar-refractivity contribution in [3.8, 4) is 17.0 Å². The van der Waals surface area contributed by atoms with Crippen LogP contribution in [0, 0.1) is 0 Å². The minimum atomic E-state index is -1.09. The van der Waals surface area contributed by atoms with E-state index in [-0.39, 0.29) is 11.8 Å². The average molecular weight is 258 g/mol. The number of aromatic nitrogens is 2. The van der Waals surface area contributed by atoms with Crippen LogP contribution in [-0.2, 0) is 0 Å². The topological polar surface area (TPSA) is 72.3 Å². The first kappa shape index (κ1) is 13.0. The number of carboxylic acid groups (broad SMARTS) is 1. The Labute approximate surface area is 110 Å². The van der Waals surface area contributed by atoms with Crippen LogP contribution < -0.4 is 4.74 Å². The molecule has 0 amide bonds. The summed E-state index contributed by atoms with van der Waals surface area (Å²) in [7, 11) is 0. The van der Waals surface area contributed by atoms with Crippen molar-refractivity contribution in [2.24, 2.45) is 0 Å². The van der Waals surface area contributed by atoms with E-state index in [0.717, 1.165) is 5.75 Å². The predicted molar refractivity (Wildman–Crippen MR) is 70.2 cm³/mol. The lowest BCUT2D eigenvalue weighted by Gasteiger charge is -2.10. The van der Waals surface area contributed by atoms with Crippen molar-refractivity contribution in [3.05, 3.63) is 42.4 Å². The summed E-state index contributed by atoms with van der Waals surface area (Å²) in [5.74, 6) is -0.356. The molecule has 5 nitrogen and oxygen atoms in total. The van der Waals surface area contributed by atoms with Gasteiger partial charge in [0.05, 0.1) is 6.10 Å². The fraction of sp³-hybridized carbons (Fsp3) is 0.214. The van der Waals surface area contributed by atoms with Gasteiger partial charge in [-0.15, -0.1) is 0 Å². The average Bonchev–Trinajstić information content (AvgIpc) is 2.39. The molecule has 0 saturated heterocycles. The summed E-state index contributed by atoms with van der Waals surface area (Å²) in [4.78, 5) is 19.0. The van der Waals surface area contributed by atoms with Crippen LogP contribution >= 0.6 is 0 Å². The molecule has 0 aliphatic rings. The van der Waals surface area contributed by atoms with Gasteiger partial charge in [-0.25, -0.2) is 9.78 Å². The van der Waals surface area contributed by atoms with Crippen molar-refractivity contribution < 1.29 is 14.6 Å². The van der Waals surface area contributed by atoms with E-state index in [1.54, 1.807) is 24.3 Å². The summed E-state index contributed by atoms with van der Waals surface area (Å²) in [5, 5.41) is 9.07. The summed E-state index contributed by atoms with van der Waals surface area (Å²) >= 11 is 0. The van der Waals surface area contributed by atoms with Crippen molar-refractivity contribution in [2.75, 3.05) is 0 Å². The van der Waals surface area contributed by atoms with Gasteiger partial charge < -0.3 is 9.84 Å². The monoisotopic (exact) mass is 258 g/mol. The van der Waals surface area contributed by atoms with Crippen LogP contribution in [0.2, 0.25) is 0 Å². The van der Waals surface area contributed by atoms with Crippen LogP contribution in [-0.4, -0.2) is 27.1 Å². The number of nitrogens with zero attached hydrogens (tertiary/aromatic N) is 2. The molecule has 1 aromatic heterocycles. The van der Waals surface area contributed by atoms with Gasteiger partial charge in [0.1, 0.15) is 11.4 Å². The second-order valence-corrected chi connectivity index (χ2v) is 4.25. The van der Waals surface area contributed by atoms with E-state index in [0.29, 0.717) is 11.3 Å². The minimum Gasteiger partial charge on any atom is -0.491 e. The smallest absolute Gasteiger partial charge is 0.356 e. The molecule has 0 saturated carbocycles. The van der Waals surface area contributed by atoms with Crippen molar-refractivity contribution in [3.63, 3.8) is 0 Å². The molecule has 0 fully saturated rings. The quantitative estimate of drug-likeness (QED) is 0.912. The fourth-order valence-corrected chi connectivity index (χ4v) is 1.67. The van der Waals surface area contributed by atoms with Gasteiger partial charge in [0.25, 0.3) is 0 Å². The van der Waals surface area contributed by atoms with Gasteiger partial charge in [-0.2, -0.15) is 0 Å². The highest BCUT2D eigenvalue weighted by molar-refractivity contribution is 5.92. The first-order chi connectivity index (χ1) is 9.08. The zero-order valence-corrected chi connectivity index (χ0v) is 10.7. The van der Waals surface area contributed by atoms with Gasteiger partial charge in [-0.05, 0) is 38.1 Å². The largest absolute Gasteiger partial charge is 0.491 e. The van der Waals surface area contributed by atoms with Crippen LogP contribution in [0.4, 0.5) is 0 Å². The molecular formula is C14H14N2O3. The Kier molecular flexibility index (Phi) is 3.75. The standard InChI is InChI=1S/C14H14N2O3/c1-9(2)19-11-5-3-10(4-6-11)12-13(14(17)18)16-8-7-15-12/h3-9H,1-2H3,(H,17,18). The number of benzene rings is 1. The number of ether oxygens (including phenoxy) is 1. The summed E-state index contributed by atoms with van der Waals surface area (Å²) in [6, 6.07) is 7.12. The van der Waals surface area contributed by atoms with Crippen molar-refractivity contribution >= 4 is 5.97 Å². The fourth-order valence-electron chi connectivity index (χ4n) is 1.67. The van der Waals surface area contributed by atoms with Gasteiger partial charge in [0.15, 0.2) is 5.69 Å². The summed E-state index contributed by atoms with van der Waals surface area (Å²) in [5.41, 5.74) is 0.993. The number of carboxylic acids is 1. The Morgan fingerprint density at radius 1 is 1.16 bits per heavy atom. The highest BCUT2D eigenvalue weighted by Gasteiger charge is 2.14. The summed E-state index contributed by atoms with van der Waals surface area (Å²) in [6.45, 7) is 3.89. The number of carbonyl (C=O) groups is 1. The molecule has 0 bridgehead atoms. The zero-order chi connectivity index (χ0) is 13.8. The number of rotatable bonds is 4. The molecule has 1 N–H and O–H groups in total. The van der Waals surface area contributed by atoms with Gasteiger partial charge in [0, 0.05) is 18.0 Å². The zero-order valence-electron chi connectivity index (χ0n) is 10.7. The van der Waals surface area contributed by atoms with Crippen LogP contribution in [0.3, 0.4) is 0 Å². The molecule has 0 radical (unpaired) electrons. The maximum atomic E-state index is 11.1. The molecule has 0 atom stereocenters. The van der Waals surface area contributed by atoms with Gasteiger partial charge in [-0.1, -0.05) is 0 Å². The van der Waals surface area contributed by atoms with Gasteiger partial charge in [-0.3, -0.25) is 4.98 Å². The van der Waals surface area contributed by atoms with Crippen LogP contribution in [0.1, 0.15) is 24.3 Å². The van der Waals surface area contributed by atoms with E-state index in [2.05, 4.69) is 9.97 Å². The first-order valence-corrected chi connectivity index (χ1v) is 5.89. The van der Waals surface area contributed by atoms with Crippen LogP contribution in [0.15, 0.2) is 36.7 Å². The predicted octanol–water partition coefficient (Wildman–Crippen LogP) is 2.63. The van der Waals surface area contributed by atoms with E-state index in [9.17, 15) is 4.79 Å². The minimum absolute atomic E-state index is 0.0555. The van der Waals surface area contributed by atoms with E-state index < -0.39 is 5.97 Å². The molecule has 1 heterocycles. The molecule has 1 aromatic carbocycles. The van der Waals surface area contributed by atoms with E-state index in [4.69, 9.17) is 9.84 Å². The molecule has 0 unspecified atom stereocenters. The first-order valence-electron chi connectivity index (χ1n) is 5.89. The van der Waals surface area contributed by atoms with Gasteiger partial charge in [0.2, 0.25) is 0 Å². The summed E-state index contributed by atoms with van der Waals surface area (Å²) in [6.07, 6.45) is 2.93. The molecule has 5 heteroatoms. The van der Waals surface area contributed by atoms with E-state index in [1.165, 1.54) is 12.4 Å². The normalized spacial score (nSPS) is 10.5. The maximum absolute atomic E-state index is 11.1. The van der Waals surface area contributed by atoms with Crippen molar-refractivity contribution in [1.82, 2.24) is 9.97 Å². The maximum Gasteiger partial charge on any atom is 0.356 e.